The normalized spacial score (nSPS) is 20.8. The van der Waals surface area contributed by atoms with Crippen molar-refractivity contribution in [2.45, 2.75) is 63.6 Å². The molecule has 37 heavy (non-hydrogen) atoms. The van der Waals surface area contributed by atoms with Crippen molar-refractivity contribution < 1.29 is 13.6 Å². The Morgan fingerprint density at radius 1 is 1.05 bits per heavy atom. The number of halogens is 3. The fraction of sp³-hybridized carbons (Fsp3) is 0.462. The molecule has 1 saturated carbocycles. The first-order valence-electron chi connectivity index (χ1n) is 12.4. The number of hydrogen-bond donors (Lipinski definition) is 1. The summed E-state index contributed by atoms with van der Waals surface area (Å²) in [7, 11) is 0. The van der Waals surface area contributed by atoms with Gasteiger partial charge in [-0.05, 0) is 74.7 Å². The van der Waals surface area contributed by atoms with Crippen LogP contribution in [0.3, 0.4) is 0 Å². The van der Waals surface area contributed by atoms with Gasteiger partial charge in [-0.15, -0.1) is 0 Å². The minimum atomic E-state index is -0.649. The van der Waals surface area contributed by atoms with Crippen LogP contribution in [-0.4, -0.2) is 37.6 Å². The Bertz CT molecular complexity index is 1480. The molecule has 1 aliphatic carbocycles. The molecule has 3 aromatic rings. The standard InChI is InChI=1S/C26H27ClF2N4O3S/c1-14-2-7-20(27)21(22(14)29)24(34)31-16-3-5-17(6-4-16)33-25(35)19-12-15(28)13-30-23(19)32(26(33)36)18-8-10-37-11-9-18/h2,7,12-13,16-18H,3-6,8-11H2,1H3,(H,31,34)/t16-,17+. The van der Waals surface area contributed by atoms with E-state index in [0.717, 1.165) is 36.6 Å². The van der Waals surface area contributed by atoms with Gasteiger partial charge in [0.15, 0.2) is 0 Å². The van der Waals surface area contributed by atoms with Crippen LogP contribution in [0.5, 0.6) is 0 Å². The molecule has 3 heterocycles. The Hall–Kier alpha value is -2.72. The van der Waals surface area contributed by atoms with Crippen LogP contribution >= 0.6 is 23.4 Å². The number of aromatic nitrogens is 3. The maximum absolute atomic E-state index is 14.5. The van der Waals surface area contributed by atoms with Crippen LogP contribution in [0.15, 0.2) is 34.0 Å². The number of hydrogen-bond acceptors (Lipinski definition) is 5. The van der Waals surface area contributed by atoms with Gasteiger partial charge in [-0.2, -0.15) is 11.8 Å². The maximum atomic E-state index is 14.5. The highest BCUT2D eigenvalue weighted by Gasteiger charge is 2.30. The first-order chi connectivity index (χ1) is 17.8. The molecule has 2 aliphatic rings. The quantitative estimate of drug-likeness (QED) is 0.507. The second kappa shape index (κ2) is 10.6. The summed E-state index contributed by atoms with van der Waals surface area (Å²) in [6, 6.07) is 3.40. The number of thioether (sulfide) groups is 1. The van der Waals surface area contributed by atoms with Gasteiger partial charge >= 0.3 is 5.69 Å². The number of rotatable bonds is 4. The summed E-state index contributed by atoms with van der Waals surface area (Å²) in [6.07, 6.45) is 4.48. The number of nitrogens with zero attached hydrogens (tertiary/aromatic N) is 3. The van der Waals surface area contributed by atoms with Crippen LogP contribution in [0.4, 0.5) is 8.78 Å². The Kier molecular flexibility index (Phi) is 7.40. The van der Waals surface area contributed by atoms with Crippen molar-refractivity contribution in [3.8, 4) is 0 Å². The third-order valence-corrected chi connectivity index (χ3v) is 8.75. The number of fused-ring (bicyclic) bond motifs is 1. The van der Waals surface area contributed by atoms with Gasteiger partial charge in [-0.1, -0.05) is 17.7 Å². The summed E-state index contributed by atoms with van der Waals surface area (Å²) in [4.78, 5) is 44.0. The zero-order chi connectivity index (χ0) is 26.3. The zero-order valence-corrected chi connectivity index (χ0v) is 21.9. The van der Waals surface area contributed by atoms with Crippen molar-refractivity contribution >= 4 is 40.3 Å². The molecular weight excluding hydrogens is 522 g/mol. The lowest BCUT2D eigenvalue weighted by atomic mass is 9.90. The van der Waals surface area contributed by atoms with Crippen molar-refractivity contribution in [1.29, 1.82) is 0 Å². The van der Waals surface area contributed by atoms with Crippen LogP contribution in [0.1, 0.15) is 66.5 Å². The molecule has 1 aliphatic heterocycles. The third-order valence-electron chi connectivity index (χ3n) is 7.39. The summed E-state index contributed by atoms with van der Waals surface area (Å²) in [5, 5.41) is 2.99. The van der Waals surface area contributed by atoms with E-state index in [1.807, 2.05) is 11.8 Å². The molecule has 5 rings (SSSR count). The number of benzene rings is 1. The number of amides is 1. The average molecular weight is 549 g/mol. The number of carbonyl (C=O) groups is 1. The van der Waals surface area contributed by atoms with Gasteiger partial charge in [0.25, 0.3) is 11.5 Å². The topological polar surface area (TPSA) is 86.0 Å². The van der Waals surface area contributed by atoms with Gasteiger partial charge in [0, 0.05) is 18.1 Å². The molecule has 0 bridgehead atoms. The summed E-state index contributed by atoms with van der Waals surface area (Å²) in [5.74, 6) is -0.0700. The lowest BCUT2D eigenvalue weighted by Crippen LogP contribution is -2.46. The Morgan fingerprint density at radius 2 is 1.73 bits per heavy atom. The molecule has 7 nitrogen and oxygen atoms in total. The maximum Gasteiger partial charge on any atom is 0.333 e. The van der Waals surface area contributed by atoms with Crippen LogP contribution in [0.2, 0.25) is 5.02 Å². The average Bonchev–Trinajstić information content (AvgIpc) is 2.89. The molecule has 1 aromatic carbocycles. The first kappa shape index (κ1) is 25.9. The number of pyridine rings is 1. The Morgan fingerprint density at radius 3 is 2.43 bits per heavy atom. The second-order valence-electron chi connectivity index (χ2n) is 9.73. The second-order valence-corrected chi connectivity index (χ2v) is 11.4. The van der Waals surface area contributed by atoms with E-state index in [4.69, 9.17) is 11.6 Å². The van der Waals surface area contributed by atoms with Gasteiger partial charge in [-0.3, -0.25) is 18.7 Å². The minimum absolute atomic E-state index is 0.0412. The van der Waals surface area contributed by atoms with E-state index in [1.165, 1.54) is 16.7 Å². The van der Waals surface area contributed by atoms with Crippen molar-refractivity contribution in [3.63, 3.8) is 0 Å². The van der Waals surface area contributed by atoms with E-state index in [9.17, 15) is 23.2 Å². The molecule has 1 amide bonds. The predicted molar refractivity (Wildman–Crippen MR) is 141 cm³/mol. The van der Waals surface area contributed by atoms with Crippen LogP contribution < -0.4 is 16.6 Å². The third kappa shape index (κ3) is 4.93. The van der Waals surface area contributed by atoms with Crippen molar-refractivity contribution in [3.05, 3.63) is 73.0 Å². The van der Waals surface area contributed by atoms with Crippen LogP contribution in [0.25, 0.3) is 11.0 Å². The molecular formula is C26H27ClF2N4O3S. The summed E-state index contributed by atoms with van der Waals surface area (Å²) < 4.78 is 31.4. The van der Waals surface area contributed by atoms with Crippen molar-refractivity contribution in [2.75, 3.05) is 11.5 Å². The molecule has 0 radical (unpaired) electrons. The van der Waals surface area contributed by atoms with Crippen molar-refractivity contribution in [1.82, 2.24) is 19.4 Å². The van der Waals surface area contributed by atoms with E-state index < -0.39 is 34.8 Å². The van der Waals surface area contributed by atoms with Gasteiger partial charge in [0.05, 0.1) is 22.2 Å². The molecule has 2 aromatic heterocycles. The SMILES string of the molecule is Cc1ccc(Cl)c(C(=O)N[C@H]2CC[C@@H](n3c(=O)c4cc(F)cnc4n(C4CCSCC4)c3=O)CC2)c1F. The van der Waals surface area contributed by atoms with Gasteiger partial charge < -0.3 is 5.32 Å². The fourth-order valence-corrected chi connectivity index (χ4v) is 6.71. The lowest BCUT2D eigenvalue weighted by Gasteiger charge is -2.31. The number of carbonyl (C=O) groups excluding carboxylic acids is 1. The largest absolute Gasteiger partial charge is 0.349 e. The van der Waals surface area contributed by atoms with E-state index in [0.29, 0.717) is 31.2 Å². The van der Waals surface area contributed by atoms with Crippen molar-refractivity contribution in [2.24, 2.45) is 0 Å². The molecule has 0 unspecified atom stereocenters. The highest BCUT2D eigenvalue weighted by Crippen LogP contribution is 2.31. The van der Waals surface area contributed by atoms with Crippen LogP contribution in [0, 0.1) is 18.6 Å². The number of nitrogens with one attached hydrogen (secondary N) is 1. The molecule has 2 fully saturated rings. The zero-order valence-electron chi connectivity index (χ0n) is 20.3. The van der Waals surface area contributed by atoms with Crippen LogP contribution in [-0.2, 0) is 0 Å². The molecule has 11 heteroatoms. The van der Waals surface area contributed by atoms with Gasteiger partial charge in [0.2, 0.25) is 0 Å². The smallest absolute Gasteiger partial charge is 0.333 e. The monoisotopic (exact) mass is 548 g/mol. The lowest BCUT2D eigenvalue weighted by molar-refractivity contribution is 0.0917. The minimum Gasteiger partial charge on any atom is -0.349 e. The Labute approximate surface area is 221 Å². The van der Waals surface area contributed by atoms with E-state index >= 15 is 0 Å². The highest BCUT2D eigenvalue weighted by atomic mass is 35.5. The number of aryl methyl sites for hydroxylation is 1. The highest BCUT2D eigenvalue weighted by molar-refractivity contribution is 7.99. The molecule has 0 spiro atoms. The summed E-state index contributed by atoms with van der Waals surface area (Å²) in [5.41, 5.74) is -0.600. The van der Waals surface area contributed by atoms with E-state index in [1.54, 1.807) is 11.5 Å². The molecule has 196 valence electrons. The molecule has 1 N–H and O–H groups in total. The summed E-state index contributed by atoms with van der Waals surface area (Å²) >= 11 is 7.90. The molecule has 0 atom stereocenters. The fourth-order valence-electron chi connectivity index (χ4n) is 5.40. The van der Waals surface area contributed by atoms with Gasteiger partial charge in [0.1, 0.15) is 17.3 Å². The summed E-state index contributed by atoms with van der Waals surface area (Å²) in [6.45, 7) is 1.56. The Balaban J connectivity index is 1.41. The molecule has 1 saturated heterocycles. The van der Waals surface area contributed by atoms with E-state index in [-0.39, 0.29) is 33.7 Å². The first-order valence-corrected chi connectivity index (χ1v) is 13.9. The predicted octanol–water partition coefficient (Wildman–Crippen LogP) is 4.78. The van der Waals surface area contributed by atoms with Gasteiger partial charge in [-0.25, -0.2) is 18.6 Å². The van der Waals surface area contributed by atoms with E-state index in [2.05, 4.69) is 10.3 Å².